The van der Waals surface area contributed by atoms with Crippen LogP contribution in [0.3, 0.4) is 0 Å². The first-order chi connectivity index (χ1) is 9.63. The normalized spacial score (nSPS) is 23.4. The lowest BCUT2D eigenvalue weighted by atomic mass is 9.77. The van der Waals surface area contributed by atoms with Crippen LogP contribution in [0.1, 0.15) is 37.3 Å². The Morgan fingerprint density at radius 1 is 1.40 bits per heavy atom. The lowest BCUT2D eigenvalue weighted by Gasteiger charge is -2.32. The second-order valence-corrected chi connectivity index (χ2v) is 6.97. The van der Waals surface area contributed by atoms with Gasteiger partial charge in [-0.2, -0.15) is 5.10 Å². The summed E-state index contributed by atoms with van der Waals surface area (Å²) in [6.45, 7) is 3.11. The zero-order chi connectivity index (χ0) is 14.5. The van der Waals surface area contributed by atoms with Crippen LogP contribution in [0.25, 0.3) is 0 Å². The molecule has 20 heavy (non-hydrogen) atoms. The molecule has 0 bridgehead atoms. The molecule has 1 aromatic heterocycles. The van der Waals surface area contributed by atoms with E-state index in [1.54, 1.807) is 0 Å². The number of hydrogen-bond acceptors (Lipinski definition) is 3. The number of nitrogens with one attached hydrogen (secondary N) is 1. The first-order valence-corrected chi connectivity index (χ1v) is 8.43. The van der Waals surface area contributed by atoms with Gasteiger partial charge in [0.1, 0.15) is 0 Å². The highest BCUT2D eigenvalue weighted by atomic mass is 79.9. The maximum Gasteiger partial charge on any atom is 0.0635 e. The third-order valence-corrected chi connectivity index (χ3v) is 4.93. The van der Waals surface area contributed by atoms with Crippen molar-refractivity contribution in [2.75, 3.05) is 34.2 Å². The standard InChI is InChI=1S/C15H27BrN4/c1-17-10-12-6-4-5-7-13(12)15-14(16)11-18-20(15)9-8-19(2)3/h11-13,17H,4-10H2,1-3H3. The highest BCUT2D eigenvalue weighted by molar-refractivity contribution is 9.10. The van der Waals surface area contributed by atoms with E-state index in [1.807, 2.05) is 6.20 Å². The van der Waals surface area contributed by atoms with Crippen molar-refractivity contribution in [3.63, 3.8) is 0 Å². The summed E-state index contributed by atoms with van der Waals surface area (Å²) in [5.74, 6) is 1.37. The molecule has 1 aromatic rings. The van der Waals surface area contributed by atoms with Crippen molar-refractivity contribution in [3.05, 3.63) is 16.4 Å². The Bertz CT molecular complexity index is 414. The zero-order valence-electron chi connectivity index (χ0n) is 12.9. The van der Waals surface area contributed by atoms with Gasteiger partial charge in [-0.25, -0.2) is 0 Å². The molecule has 5 heteroatoms. The molecule has 1 N–H and O–H groups in total. The van der Waals surface area contributed by atoms with Crippen LogP contribution < -0.4 is 5.32 Å². The number of rotatable bonds is 6. The van der Waals surface area contributed by atoms with E-state index in [2.05, 4.69) is 57.1 Å². The molecule has 0 radical (unpaired) electrons. The zero-order valence-corrected chi connectivity index (χ0v) is 14.5. The van der Waals surface area contributed by atoms with Crippen LogP contribution in [0.4, 0.5) is 0 Å². The second-order valence-electron chi connectivity index (χ2n) is 6.11. The van der Waals surface area contributed by atoms with E-state index in [9.17, 15) is 0 Å². The van der Waals surface area contributed by atoms with Crippen LogP contribution in [0.2, 0.25) is 0 Å². The summed E-state index contributed by atoms with van der Waals surface area (Å²) in [6, 6.07) is 0. The molecule has 0 amide bonds. The fourth-order valence-electron chi connectivity index (χ4n) is 3.29. The molecule has 0 aromatic carbocycles. The van der Waals surface area contributed by atoms with Gasteiger partial charge in [0.2, 0.25) is 0 Å². The average Bonchev–Trinajstić information content (AvgIpc) is 2.79. The van der Waals surface area contributed by atoms with Gasteiger partial charge in [-0.1, -0.05) is 12.8 Å². The molecule has 1 saturated carbocycles. The van der Waals surface area contributed by atoms with Gasteiger partial charge in [-0.05, 0) is 62.4 Å². The maximum absolute atomic E-state index is 4.58. The van der Waals surface area contributed by atoms with Crippen molar-refractivity contribution in [2.24, 2.45) is 5.92 Å². The maximum atomic E-state index is 4.58. The fourth-order valence-corrected chi connectivity index (χ4v) is 3.88. The quantitative estimate of drug-likeness (QED) is 0.862. The third-order valence-electron chi connectivity index (χ3n) is 4.32. The number of aromatic nitrogens is 2. The molecular formula is C15H27BrN4. The molecule has 1 aliphatic carbocycles. The highest BCUT2D eigenvalue weighted by Gasteiger charge is 2.30. The Balaban J connectivity index is 2.18. The third kappa shape index (κ3) is 3.83. The van der Waals surface area contributed by atoms with Crippen molar-refractivity contribution in [1.82, 2.24) is 20.0 Å². The molecule has 0 aliphatic heterocycles. The lowest BCUT2D eigenvalue weighted by Crippen LogP contribution is -2.30. The summed E-state index contributed by atoms with van der Waals surface area (Å²) in [5, 5.41) is 7.95. The predicted octanol–water partition coefficient (Wildman–Crippen LogP) is 2.70. The minimum Gasteiger partial charge on any atom is -0.319 e. The van der Waals surface area contributed by atoms with Gasteiger partial charge in [0.25, 0.3) is 0 Å². The molecule has 2 atom stereocenters. The van der Waals surface area contributed by atoms with E-state index in [1.165, 1.54) is 35.8 Å². The van der Waals surface area contributed by atoms with Crippen LogP contribution in [-0.4, -0.2) is 48.9 Å². The summed E-state index contributed by atoms with van der Waals surface area (Å²) in [7, 11) is 6.29. The molecule has 114 valence electrons. The summed E-state index contributed by atoms with van der Waals surface area (Å²) < 4.78 is 3.40. The van der Waals surface area contributed by atoms with Gasteiger partial charge in [0.05, 0.1) is 22.9 Å². The topological polar surface area (TPSA) is 33.1 Å². The van der Waals surface area contributed by atoms with Crippen molar-refractivity contribution >= 4 is 15.9 Å². The molecule has 2 rings (SSSR count). The second kappa shape index (κ2) is 7.57. The van der Waals surface area contributed by atoms with Crippen molar-refractivity contribution < 1.29 is 0 Å². The summed E-state index contributed by atoms with van der Waals surface area (Å²) in [6.07, 6.45) is 7.30. The molecule has 1 aliphatic rings. The van der Waals surface area contributed by atoms with Gasteiger partial charge >= 0.3 is 0 Å². The lowest BCUT2D eigenvalue weighted by molar-refractivity contribution is 0.282. The van der Waals surface area contributed by atoms with Gasteiger partial charge in [0, 0.05) is 12.5 Å². The Morgan fingerprint density at radius 2 is 2.15 bits per heavy atom. The van der Waals surface area contributed by atoms with E-state index in [-0.39, 0.29) is 0 Å². The Hall–Kier alpha value is -0.390. The Labute approximate surface area is 131 Å². The first-order valence-electron chi connectivity index (χ1n) is 7.64. The molecule has 0 saturated heterocycles. The van der Waals surface area contributed by atoms with E-state index in [0.717, 1.165) is 25.6 Å². The molecule has 0 spiro atoms. The molecule has 1 fully saturated rings. The first kappa shape index (κ1) is 16.0. The smallest absolute Gasteiger partial charge is 0.0635 e. The monoisotopic (exact) mass is 342 g/mol. The van der Waals surface area contributed by atoms with Crippen LogP contribution >= 0.6 is 15.9 Å². The van der Waals surface area contributed by atoms with E-state index in [4.69, 9.17) is 0 Å². The predicted molar refractivity (Wildman–Crippen MR) is 87.1 cm³/mol. The van der Waals surface area contributed by atoms with Crippen molar-refractivity contribution in [3.8, 4) is 0 Å². The minimum atomic E-state index is 0.634. The fraction of sp³-hybridized carbons (Fsp3) is 0.800. The van der Waals surface area contributed by atoms with Gasteiger partial charge in [0.15, 0.2) is 0 Å². The number of likely N-dealkylation sites (N-methyl/N-ethyl adjacent to an activating group) is 1. The Morgan fingerprint density at radius 3 is 2.85 bits per heavy atom. The largest absolute Gasteiger partial charge is 0.319 e. The summed E-state index contributed by atoms with van der Waals surface area (Å²) >= 11 is 3.72. The van der Waals surface area contributed by atoms with Crippen LogP contribution in [0.15, 0.2) is 10.7 Å². The average molecular weight is 343 g/mol. The number of nitrogens with zero attached hydrogens (tertiary/aromatic N) is 3. The van der Waals surface area contributed by atoms with Gasteiger partial charge < -0.3 is 10.2 Å². The van der Waals surface area contributed by atoms with E-state index < -0.39 is 0 Å². The van der Waals surface area contributed by atoms with Crippen LogP contribution in [0.5, 0.6) is 0 Å². The van der Waals surface area contributed by atoms with Crippen molar-refractivity contribution in [2.45, 2.75) is 38.1 Å². The SMILES string of the molecule is CNCC1CCCCC1c1c(Br)cnn1CCN(C)C. The summed E-state index contributed by atoms with van der Waals surface area (Å²) in [5.41, 5.74) is 1.41. The minimum absolute atomic E-state index is 0.634. The van der Waals surface area contributed by atoms with E-state index >= 15 is 0 Å². The van der Waals surface area contributed by atoms with Crippen LogP contribution in [0, 0.1) is 5.92 Å². The molecular weight excluding hydrogens is 316 g/mol. The van der Waals surface area contributed by atoms with Gasteiger partial charge in [-0.3, -0.25) is 4.68 Å². The highest BCUT2D eigenvalue weighted by Crippen LogP contribution is 2.40. The number of hydrogen-bond donors (Lipinski definition) is 1. The Kier molecular flexibility index (Phi) is 6.05. The molecule has 2 unspecified atom stereocenters. The van der Waals surface area contributed by atoms with Gasteiger partial charge in [-0.15, -0.1) is 0 Å². The molecule has 4 nitrogen and oxygen atoms in total. The summed E-state index contributed by atoms with van der Waals surface area (Å²) in [4.78, 5) is 2.21. The number of halogens is 1. The van der Waals surface area contributed by atoms with Crippen LogP contribution in [-0.2, 0) is 6.54 Å². The van der Waals surface area contributed by atoms with E-state index in [0.29, 0.717) is 5.92 Å². The van der Waals surface area contributed by atoms with Crippen molar-refractivity contribution in [1.29, 1.82) is 0 Å². The molecule has 1 heterocycles.